The summed E-state index contributed by atoms with van der Waals surface area (Å²) >= 11 is 0. The summed E-state index contributed by atoms with van der Waals surface area (Å²) in [5.41, 5.74) is 2.41. The van der Waals surface area contributed by atoms with Crippen LogP contribution in [-0.2, 0) is 0 Å². The summed E-state index contributed by atoms with van der Waals surface area (Å²) in [4.78, 5) is 0. The molecule has 0 aromatic heterocycles. The van der Waals surface area contributed by atoms with Crippen LogP contribution < -0.4 is 0 Å². The van der Waals surface area contributed by atoms with E-state index in [0.717, 1.165) is 38.5 Å². The molecular weight excluding hydrogens is 272 g/mol. The highest BCUT2D eigenvalue weighted by Gasteiger charge is 2.22. The van der Waals surface area contributed by atoms with Crippen LogP contribution in [0.4, 0.5) is 0 Å². The van der Waals surface area contributed by atoms with E-state index in [1.54, 1.807) is 0 Å². The summed E-state index contributed by atoms with van der Waals surface area (Å²) in [5, 5.41) is 26.8. The first-order valence-electron chi connectivity index (χ1n) is 8.72. The van der Waals surface area contributed by atoms with E-state index >= 15 is 0 Å². The van der Waals surface area contributed by atoms with Gasteiger partial charge in [-0.2, -0.15) is 20.7 Å². The summed E-state index contributed by atoms with van der Waals surface area (Å²) in [7, 11) is 0. The van der Waals surface area contributed by atoms with Crippen molar-refractivity contribution in [1.29, 1.82) is 10.5 Å². The summed E-state index contributed by atoms with van der Waals surface area (Å²) < 4.78 is 0. The quantitative estimate of drug-likeness (QED) is 0.686. The smallest absolute Gasteiger partial charge is 0.0621 e. The summed E-state index contributed by atoms with van der Waals surface area (Å²) in [6.45, 7) is 0. The van der Waals surface area contributed by atoms with Gasteiger partial charge in [0.05, 0.1) is 12.1 Å². The predicted octanol–water partition coefficient (Wildman–Crippen LogP) is 4.77. The van der Waals surface area contributed by atoms with Crippen LogP contribution in [0.15, 0.2) is 10.2 Å². The molecule has 0 amide bonds. The standard InChI is InChI=1S/C18H26N4/c19-13-5-9-15-7-1-3-11-17(15)21-22-18-12-4-2-8-16(18)10-6-14-20/h15-16H,1-12H2. The van der Waals surface area contributed by atoms with Gasteiger partial charge in [-0.3, -0.25) is 0 Å². The largest absolute Gasteiger partial charge is 0.198 e. The molecular formula is C18H26N4. The number of rotatable bonds is 5. The van der Waals surface area contributed by atoms with Crippen molar-refractivity contribution in [3.63, 3.8) is 0 Å². The second-order valence-electron chi connectivity index (χ2n) is 6.46. The highest BCUT2D eigenvalue weighted by atomic mass is 15.2. The summed E-state index contributed by atoms with van der Waals surface area (Å²) in [5.74, 6) is 0.915. The molecule has 0 saturated heterocycles. The second-order valence-corrected chi connectivity index (χ2v) is 6.46. The molecule has 4 heteroatoms. The molecule has 118 valence electrons. The fourth-order valence-electron chi connectivity index (χ4n) is 3.63. The van der Waals surface area contributed by atoms with Crippen LogP contribution in [-0.4, -0.2) is 11.4 Å². The van der Waals surface area contributed by atoms with Gasteiger partial charge in [-0.15, -0.1) is 0 Å². The Bertz CT molecular complexity index is 446. The molecule has 0 heterocycles. The number of hydrogen-bond acceptors (Lipinski definition) is 4. The zero-order valence-corrected chi connectivity index (χ0v) is 13.4. The van der Waals surface area contributed by atoms with Crippen molar-refractivity contribution >= 4 is 11.4 Å². The molecule has 0 aliphatic heterocycles. The van der Waals surface area contributed by atoms with Crippen LogP contribution in [0.25, 0.3) is 0 Å². The summed E-state index contributed by atoms with van der Waals surface area (Å²) in [6, 6.07) is 4.50. The Kier molecular flexibility index (Phi) is 7.10. The lowest BCUT2D eigenvalue weighted by molar-refractivity contribution is 0.494. The van der Waals surface area contributed by atoms with Crippen LogP contribution in [0, 0.1) is 34.5 Å². The topological polar surface area (TPSA) is 72.3 Å². The minimum atomic E-state index is 0.457. The molecule has 0 aromatic rings. The molecule has 2 atom stereocenters. The Morgan fingerprint density at radius 2 is 1.23 bits per heavy atom. The van der Waals surface area contributed by atoms with Gasteiger partial charge >= 0.3 is 0 Å². The third-order valence-electron chi connectivity index (χ3n) is 4.93. The first kappa shape index (κ1) is 16.7. The lowest BCUT2D eigenvalue weighted by Crippen LogP contribution is -2.21. The Hall–Kier alpha value is -1.68. The van der Waals surface area contributed by atoms with Crippen molar-refractivity contribution in [1.82, 2.24) is 0 Å². The van der Waals surface area contributed by atoms with E-state index < -0.39 is 0 Å². The molecule has 2 rings (SSSR count). The van der Waals surface area contributed by atoms with Crippen LogP contribution in [0.1, 0.15) is 77.0 Å². The normalized spacial score (nSPS) is 29.2. The Morgan fingerprint density at radius 3 is 1.64 bits per heavy atom. The van der Waals surface area contributed by atoms with Gasteiger partial charge in [-0.05, 0) is 51.4 Å². The molecule has 0 N–H and O–H groups in total. The van der Waals surface area contributed by atoms with Crippen molar-refractivity contribution in [3.05, 3.63) is 0 Å². The van der Waals surface area contributed by atoms with E-state index in [-0.39, 0.29) is 0 Å². The van der Waals surface area contributed by atoms with Gasteiger partial charge in [-0.1, -0.05) is 12.8 Å². The van der Waals surface area contributed by atoms with Gasteiger partial charge in [0.2, 0.25) is 0 Å². The SMILES string of the molecule is N#CCCC1CCCCC1=NN=C1CCCCC1CCC#N. The van der Waals surface area contributed by atoms with Gasteiger partial charge < -0.3 is 0 Å². The van der Waals surface area contributed by atoms with E-state index in [1.807, 2.05) is 0 Å². The third kappa shape index (κ3) is 4.95. The first-order valence-corrected chi connectivity index (χ1v) is 8.72. The van der Waals surface area contributed by atoms with Crippen molar-refractivity contribution in [2.75, 3.05) is 0 Å². The first-order chi connectivity index (χ1) is 10.8. The van der Waals surface area contributed by atoms with Crippen molar-refractivity contribution in [2.24, 2.45) is 22.0 Å². The highest BCUT2D eigenvalue weighted by Crippen LogP contribution is 2.28. The molecule has 2 fully saturated rings. The number of nitriles is 2. The average molecular weight is 298 g/mol. The molecule has 2 aliphatic rings. The van der Waals surface area contributed by atoms with E-state index in [0.29, 0.717) is 24.7 Å². The molecule has 4 nitrogen and oxygen atoms in total. The number of hydrogen-bond donors (Lipinski definition) is 0. The second kappa shape index (κ2) is 9.36. The zero-order chi connectivity index (χ0) is 15.6. The maximum atomic E-state index is 8.79. The molecule has 22 heavy (non-hydrogen) atoms. The minimum Gasteiger partial charge on any atom is -0.198 e. The maximum absolute atomic E-state index is 8.79. The average Bonchev–Trinajstić information content (AvgIpc) is 2.57. The van der Waals surface area contributed by atoms with Crippen molar-refractivity contribution in [2.45, 2.75) is 77.0 Å². The molecule has 2 unspecified atom stereocenters. The Balaban J connectivity index is 2.04. The molecule has 0 spiro atoms. The van der Waals surface area contributed by atoms with Crippen LogP contribution in [0.3, 0.4) is 0 Å². The van der Waals surface area contributed by atoms with Gasteiger partial charge in [0.1, 0.15) is 0 Å². The number of nitrogens with zero attached hydrogens (tertiary/aromatic N) is 4. The van der Waals surface area contributed by atoms with Crippen LogP contribution in [0.5, 0.6) is 0 Å². The van der Waals surface area contributed by atoms with E-state index in [4.69, 9.17) is 10.5 Å². The Morgan fingerprint density at radius 1 is 0.773 bits per heavy atom. The summed E-state index contributed by atoms with van der Waals surface area (Å²) in [6.07, 6.45) is 12.4. The van der Waals surface area contributed by atoms with Crippen LogP contribution in [0.2, 0.25) is 0 Å². The molecule has 0 aromatic carbocycles. The van der Waals surface area contributed by atoms with E-state index in [9.17, 15) is 0 Å². The van der Waals surface area contributed by atoms with Crippen molar-refractivity contribution < 1.29 is 0 Å². The molecule has 0 bridgehead atoms. The molecule has 0 radical (unpaired) electrons. The van der Waals surface area contributed by atoms with E-state index in [2.05, 4.69) is 22.3 Å². The third-order valence-corrected chi connectivity index (χ3v) is 4.93. The highest BCUT2D eigenvalue weighted by molar-refractivity contribution is 5.90. The molecule has 2 saturated carbocycles. The fourth-order valence-corrected chi connectivity index (χ4v) is 3.63. The van der Waals surface area contributed by atoms with E-state index in [1.165, 1.54) is 37.1 Å². The monoisotopic (exact) mass is 298 g/mol. The van der Waals surface area contributed by atoms with Crippen molar-refractivity contribution in [3.8, 4) is 12.1 Å². The lowest BCUT2D eigenvalue weighted by Gasteiger charge is -2.24. The molecule has 2 aliphatic carbocycles. The van der Waals surface area contributed by atoms with Gasteiger partial charge in [0, 0.05) is 36.1 Å². The van der Waals surface area contributed by atoms with Crippen LogP contribution >= 0.6 is 0 Å². The van der Waals surface area contributed by atoms with Gasteiger partial charge in [0.25, 0.3) is 0 Å². The minimum absolute atomic E-state index is 0.457. The zero-order valence-electron chi connectivity index (χ0n) is 13.4. The predicted molar refractivity (Wildman–Crippen MR) is 88.5 cm³/mol. The Labute approximate surface area is 133 Å². The van der Waals surface area contributed by atoms with Gasteiger partial charge in [-0.25, -0.2) is 0 Å². The maximum Gasteiger partial charge on any atom is 0.0621 e. The van der Waals surface area contributed by atoms with Gasteiger partial charge in [0.15, 0.2) is 0 Å². The lowest BCUT2D eigenvalue weighted by atomic mass is 9.84. The fraction of sp³-hybridized carbons (Fsp3) is 0.778.